The maximum atomic E-state index is 13.3. The predicted molar refractivity (Wildman–Crippen MR) is 139 cm³/mol. The first-order valence-corrected chi connectivity index (χ1v) is 12.2. The van der Waals surface area contributed by atoms with Gasteiger partial charge in [0.15, 0.2) is 0 Å². The summed E-state index contributed by atoms with van der Waals surface area (Å²) in [6.45, 7) is 1.71. The summed E-state index contributed by atoms with van der Waals surface area (Å²) in [7, 11) is 1.54. The Morgan fingerprint density at radius 3 is 2.59 bits per heavy atom. The van der Waals surface area contributed by atoms with E-state index in [1.807, 2.05) is 0 Å². The number of dihydropyridines is 1. The molecule has 3 aromatic rings. The summed E-state index contributed by atoms with van der Waals surface area (Å²) in [6, 6.07) is 17.9. The molecule has 0 saturated heterocycles. The van der Waals surface area contributed by atoms with Crippen molar-refractivity contribution < 1.29 is 23.1 Å². The van der Waals surface area contributed by atoms with Crippen LogP contribution in [0.3, 0.4) is 0 Å². The van der Waals surface area contributed by atoms with Crippen LogP contribution in [0.5, 0.6) is 5.75 Å². The molecule has 2 aromatic carbocycles. The van der Waals surface area contributed by atoms with Gasteiger partial charge in [-0.3, -0.25) is 9.59 Å². The Bertz CT molecular complexity index is 1410. The standard InChI is InChI=1S/C27H23FN4O4S/c1-16-24(26(34)32-18-10-8-17(28)9-11-18)25(22-7-4-12-36-22)21(14-29)27(30-16)37-15-23(33)31-19-5-3-6-20(13-19)35-2/h3-13,25,30H,15H2,1-2H3,(H,31,33)(H,32,34)/t25-/m0/s1. The fourth-order valence-corrected chi connectivity index (χ4v) is 4.73. The first-order valence-electron chi connectivity index (χ1n) is 11.2. The zero-order chi connectivity index (χ0) is 26.4. The SMILES string of the molecule is COc1cccc(NC(=O)CSC2=C(C#N)[C@@H](c3ccco3)C(C(=O)Nc3ccc(F)cc3)=C(C)N2)c1. The summed E-state index contributed by atoms with van der Waals surface area (Å²) in [5, 5.41) is 19.2. The van der Waals surface area contributed by atoms with Gasteiger partial charge in [0, 0.05) is 23.1 Å². The third-order valence-electron chi connectivity index (χ3n) is 5.52. The number of nitrogens with zero attached hydrogens (tertiary/aromatic N) is 1. The van der Waals surface area contributed by atoms with Crippen molar-refractivity contribution in [2.75, 3.05) is 23.5 Å². The molecule has 0 aliphatic carbocycles. The largest absolute Gasteiger partial charge is 0.497 e. The number of halogens is 1. The lowest BCUT2D eigenvalue weighted by atomic mass is 9.85. The summed E-state index contributed by atoms with van der Waals surface area (Å²) in [5.41, 5.74) is 2.00. The highest BCUT2D eigenvalue weighted by atomic mass is 32.2. The van der Waals surface area contributed by atoms with Crippen molar-refractivity contribution in [2.24, 2.45) is 0 Å². The van der Waals surface area contributed by atoms with Crippen LogP contribution in [0, 0.1) is 17.1 Å². The van der Waals surface area contributed by atoms with E-state index < -0.39 is 17.6 Å². The zero-order valence-corrected chi connectivity index (χ0v) is 20.8. The molecule has 1 aliphatic rings. The number of nitriles is 1. The number of allylic oxidation sites excluding steroid dienone is 2. The van der Waals surface area contributed by atoms with E-state index in [0.29, 0.717) is 33.6 Å². The molecule has 10 heteroatoms. The Labute approximate surface area is 217 Å². The van der Waals surface area contributed by atoms with Gasteiger partial charge in [-0.15, -0.1) is 0 Å². The number of carbonyl (C=O) groups is 2. The molecule has 0 radical (unpaired) electrons. The first kappa shape index (κ1) is 25.6. The maximum Gasteiger partial charge on any atom is 0.254 e. The Balaban J connectivity index is 1.56. The molecule has 0 fully saturated rings. The second-order valence-corrected chi connectivity index (χ2v) is 8.98. The van der Waals surface area contributed by atoms with Crippen LogP contribution in [0.25, 0.3) is 0 Å². The molecule has 0 bridgehead atoms. The van der Waals surface area contributed by atoms with Crippen LogP contribution in [0.2, 0.25) is 0 Å². The van der Waals surface area contributed by atoms with Crippen LogP contribution in [0.4, 0.5) is 15.8 Å². The minimum absolute atomic E-state index is 0.0139. The molecular weight excluding hydrogens is 495 g/mol. The third-order valence-corrected chi connectivity index (χ3v) is 6.54. The molecule has 1 atom stereocenters. The number of carbonyl (C=O) groups excluding carboxylic acids is 2. The minimum Gasteiger partial charge on any atom is -0.497 e. The maximum absolute atomic E-state index is 13.3. The Morgan fingerprint density at radius 1 is 1.14 bits per heavy atom. The lowest BCUT2D eigenvalue weighted by Crippen LogP contribution is -2.31. The lowest BCUT2D eigenvalue weighted by molar-refractivity contribution is -0.114. The van der Waals surface area contributed by atoms with E-state index in [0.717, 1.165) is 11.8 Å². The van der Waals surface area contributed by atoms with Crippen molar-refractivity contribution in [1.29, 1.82) is 5.26 Å². The highest BCUT2D eigenvalue weighted by Gasteiger charge is 2.36. The second-order valence-electron chi connectivity index (χ2n) is 8.00. The van der Waals surface area contributed by atoms with E-state index >= 15 is 0 Å². The molecule has 0 saturated carbocycles. The number of methoxy groups -OCH3 is 1. The summed E-state index contributed by atoms with van der Waals surface area (Å²) in [5.74, 6) is -0.937. The van der Waals surface area contributed by atoms with Crippen molar-refractivity contribution >= 4 is 35.0 Å². The number of nitrogens with one attached hydrogen (secondary N) is 3. The van der Waals surface area contributed by atoms with Gasteiger partial charge in [-0.1, -0.05) is 17.8 Å². The van der Waals surface area contributed by atoms with Gasteiger partial charge in [0.25, 0.3) is 5.91 Å². The molecule has 188 valence electrons. The summed E-state index contributed by atoms with van der Waals surface area (Å²) in [4.78, 5) is 25.9. The third kappa shape index (κ3) is 6.02. The van der Waals surface area contributed by atoms with Crippen LogP contribution in [-0.2, 0) is 9.59 Å². The van der Waals surface area contributed by atoms with E-state index in [1.54, 1.807) is 50.4 Å². The van der Waals surface area contributed by atoms with Crippen LogP contribution in [0.15, 0.2) is 93.2 Å². The number of rotatable bonds is 8. The average Bonchev–Trinajstić information content (AvgIpc) is 3.43. The molecule has 0 unspecified atom stereocenters. The van der Waals surface area contributed by atoms with E-state index in [1.165, 1.54) is 30.5 Å². The Morgan fingerprint density at radius 2 is 1.92 bits per heavy atom. The molecule has 4 rings (SSSR count). The number of hydrogen-bond donors (Lipinski definition) is 3. The Kier molecular flexibility index (Phi) is 7.95. The first-order chi connectivity index (χ1) is 17.9. The summed E-state index contributed by atoms with van der Waals surface area (Å²) in [6.07, 6.45) is 1.46. The van der Waals surface area contributed by atoms with Crippen LogP contribution >= 0.6 is 11.8 Å². The van der Waals surface area contributed by atoms with Crippen LogP contribution < -0.4 is 20.7 Å². The van der Waals surface area contributed by atoms with Crippen LogP contribution in [0.1, 0.15) is 18.6 Å². The molecule has 1 aliphatic heterocycles. The predicted octanol–water partition coefficient (Wildman–Crippen LogP) is 5.13. The smallest absolute Gasteiger partial charge is 0.254 e. The van der Waals surface area contributed by atoms with Gasteiger partial charge in [0.2, 0.25) is 5.91 Å². The highest BCUT2D eigenvalue weighted by molar-refractivity contribution is 8.03. The topological polar surface area (TPSA) is 116 Å². The van der Waals surface area contributed by atoms with Crippen molar-refractivity contribution in [2.45, 2.75) is 12.8 Å². The van der Waals surface area contributed by atoms with Gasteiger partial charge < -0.3 is 25.1 Å². The fraction of sp³-hybridized carbons (Fsp3) is 0.148. The van der Waals surface area contributed by atoms with E-state index in [4.69, 9.17) is 9.15 Å². The quantitative estimate of drug-likeness (QED) is 0.378. The second kappa shape index (κ2) is 11.5. The van der Waals surface area contributed by atoms with E-state index in [-0.39, 0.29) is 22.8 Å². The number of amides is 2. The number of anilines is 2. The molecule has 0 spiro atoms. The molecule has 37 heavy (non-hydrogen) atoms. The highest BCUT2D eigenvalue weighted by Crippen LogP contribution is 2.41. The van der Waals surface area contributed by atoms with Gasteiger partial charge >= 0.3 is 0 Å². The number of ether oxygens (including phenoxy) is 1. The van der Waals surface area contributed by atoms with Crippen LogP contribution in [-0.4, -0.2) is 24.7 Å². The number of thioether (sulfide) groups is 1. The minimum atomic E-state index is -0.800. The molecule has 1 aromatic heterocycles. The van der Waals surface area contributed by atoms with Gasteiger partial charge in [-0.25, -0.2) is 4.39 Å². The zero-order valence-electron chi connectivity index (χ0n) is 20.0. The number of hydrogen-bond acceptors (Lipinski definition) is 7. The van der Waals surface area contributed by atoms with Gasteiger partial charge in [0.1, 0.15) is 17.3 Å². The Hall–Kier alpha value is -4.49. The summed E-state index contributed by atoms with van der Waals surface area (Å²) < 4.78 is 24.1. The molecular formula is C27H23FN4O4S. The number of furan rings is 1. The van der Waals surface area contributed by atoms with E-state index in [9.17, 15) is 19.2 Å². The molecule has 3 N–H and O–H groups in total. The summed E-state index contributed by atoms with van der Waals surface area (Å²) >= 11 is 1.14. The number of benzene rings is 2. The monoisotopic (exact) mass is 518 g/mol. The van der Waals surface area contributed by atoms with Crippen molar-refractivity contribution in [3.05, 3.63) is 100 Å². The van der Waals surface area contributed by atoms with Gasteiger partial charge in [-0.05, 0) is 55.5 Å². The fourth-order valence-electron chi connectivity index (χ4n) is 3.83. The van der Waals surface area contributed by atoms with Crippen molar-refractivity contribution in [3.8, 4) is 11.8 Å². The molecule has 2 heterocycles. The molecule has 2 amide bonds. The van der Waals surface area contributed by atoms with Crippen molar-refractivity contribution in [1.82, 2.24) is 5.32 Å². The normalized spacial score (nSPS) is 15.0. The van der Waals surface area contributed by atoms with Gasteiger partial charge in [0.05, 0.1) is 47.3 Å². The van der Waals surface area contributed by atoms with Gasteiger partial charge in [-0.2, -0.15) is 5.26 Å². The molecule has 8 nitrogen and oxygen atoms in total. The van der Waals surface area contributed by atoms with Crippen molar-refractivity contribution in [3.63, 3.8) is 0 Å². The van der Waals surface area contributed by atoms with E-state index in [2.05, 4.69) is 22.0 Å². The average molecular weight is 519 g/mol. The lowest BCUT2D eigenvalue weighted by Gasteiger charge is -2.28.